The molecule has 4 rings (SSSR count). The number of ether oxygens (including phenoxy) is 2. The number of carbonyl (C=O) groups excluding carboxylic acids is 1. The van der Waals surface area contributed by atoms with E-state index in [1.807, 2.05) is 18.2 Å². The van der Waals surface area contributed by atoms with Crippen LogP contribution in [0.2, 0.25) is 0 Å². The van der Waals surface area contributed by atoms with Gasteiger partial charge < -0.3 is 19.5 Å². The van der Waals surface area contributed by atoms with E-state index >= 15 is 0 Å². The fourth-order valence-corrected chi connectivity index (χ4v) is 3.84. The van der Waals surface area contributed by atoms with Crippen molar-refractivity contribution in [2.24, 2.45) is 11.8 Å². The Labute approximate surface area is 126 Å². The van der Waals surface area contributed by atoms with Gasteiger partial charge in [0.15, 0.2) is 0 Å². The predicted octanol–water partition coefficient (Wildman–Crippen LogP) is 1.07. The lowest BCUT2D eigenvalue weighted by atomic mass is 9.77. The summed E-state index contributed by atoms with van der Waals surface area (Å²) in [6.45, 7) is 0.313. The Balaban J connectivity index is 1.77. The van der Waals surface area contributed by atoms with Crippen molar-refractivity contribution >= 4 is 17.6 Å². The second-order valence-electron chi connectivity index (χ2n) is 5.83. The molecule has 3 aliphatic rings. The molecule has 4 atom stereocenters. The molecule has 1 aromatic rings. The third kappa shape index (κ3) is 1.53. The molecule has 2 saturated heterocycles. The van der Waals surface area contributed by atoms with Gasteiger partial charge in [-0.1, -0.05) is 24.3 Å². The largest absolute Gasteiger partial charge is 0.495 e. The zero-order valence-electron chi connectivity index (χ0n) is 11.9. The van der Waals surface area contributed by atoms with Crippen molar-refractivity contribution in [2.75, 3.05) is 18.6 Å². The molecular weight excluding hydrogens is 286 g/mol. The van der Waals surface area contributed by atoms with Crippen LogP contribution in [0.25, 0.3) is 0 Å². The number of hydrogen-bond acceptors (Lipinski definition) is 4. The lowest BCUT2D eigenvalue weighted by Crippen LogP contribution is -2.39. The molecule has 6 heteroatoms. The molecule has 1 aromatic carbocycles. The van der Waals surface area contributed by atoms with Crippen LogP contribution in [0.4, 0.5) is 5.69 Å². The second kappa shape index (κ2) is 4.33. The van der Waals surface area contributed by atoms with E-state index in [4.69, 9.17) is 9.47 Å². The molecule has 114 valence electrons. The van der Waals surface area contributed by atoms with Crippen molar-refractivity contribution in [2.45, 2.75) is 11.7 Å². The van der Waals surface area contributed by atoms with Crippen LogP contribution in [0.5, 0.6) is 5.75 Å². The molecule has 1 spiro atoms. The number of para-hydroxylation sites is 2. The molecular formula is C16H15NO5. The first-order valence-electron chi connectivity index (χ1n) is 7.12. The molecule has 0 radical (unpaired) electrons. The predicted molar refractivity (Wildman–Crippen MR) is 76.7 cm³/mol. The minimum Gasteiger partial charge on any atom is -0.495 e. The van der Waals surface area contributed by atoms with Gasteiger partial charge in [0, 0.05) is 0 Å². The summed E-state index contributed by atoms with van der Waals surface area (Å²) in [6.07, 6.45) is 3.09. The smallest absolute Gasteiger partial charge is 0.310 e. The number of anilines is 1. The maximum absolute atomic E-state index is 12.8. The lowest BCUT2D eigenvalue weighted by molar-refractivity contribution is -0.146. The zero-order chi connectivity index (χ0) is 15.5. The highest BCUT2D eigenvalue weighted by Gasteiger charge is 2.67. The number of benzene rings is 1. The molecule has 0 aliphatic carbocycles. The van der Waals surface area contributed by atoms with Crippen molar-refractivity contribution < 1.29 is 24.2 Å². The maximum Gasteiger partial charge on any atom is 0.310 e. The third-order valence-corrected chi connectivity index (χ3v) is 4.76. The first-order chi connectivity index (χ1) is 10.6. The summed E-state index contributed by atoms with van der Waals surface area (Å²) in [7, 11) is 1.54. The minimum absolute atomic E-state index is 0.219. The fraction of sp³-hybridized carbons (Fsp3) is 0.375. The summed E-state index contributed by atoms with van der Waals surface area (Å²) >= 11 is 0. The number of carboxylic acid groups (broad SMARTS) is 1. The molecule has 6 nitrogen and oxygen atoms in total. The van der Waals surface area contributed by atoms with Crippen molar-refractivity contribution in [1.29, 1.82) is 0 Å². The molecule has 22 heavy (non-hydrogen) atoms. The van der Waals surface area contributed by atoms with Crippen molar-refractivity contribution in [3.63, 3.8) is 0 Å². The van der Waals surface area contributed by atoms with Gasteiger partial charge in [0.2, 0.25) is 5.91 Å². The number of amides is 1. The van der Waals surface area contributed by atoms with Crippen LogP contribution >= 0.6 is 0 Å². The van der Waals surface area contributed by atoms with Crippen LogP contribution in [0.3, 0.4) is 0 Å². The molecule has 0 saturated carbocycles. The molecule has 3 heterocycles. The Morgan fingerprint density at radius 3 is 2.95 bits per heavy atom. The Morgan fingerprint density at radius 1 is 1.45 bits per heavy atom. The van der Waals surface area contributed by atoms with E-state index in [0.717, 1.165) is 0 Å². The summed E-state index contributed by atoms with van der Waals surface area (Å²) < 4.78 is 11.2. The van der Waals surface area contributed by atoms with Gasteiger partial charge in [-0.2, -0.15) is 0 Å². The Bertz CT molecular complexity index is 700. The SMILES string of the molecule is COc1ccccc1N1C[C@]23C=C[C@H](O2)[C@H](C(=O)O)[C@@H]3C1=O. The molecule has 0 aromatic heterocycles. The van der Waals surface area contributed by atoms with Gasteiger partial charge in [0.1, 0.15) is 17.3 Å². The summed E-state index contributed by atoms with van der Waals surface area (Å²) in [4.78, 5) is 26.0. The average Bonchev–Trinajstić information content (AvgIpc) is 3.15. The number of aliphatic carboxylic acids is 1. The summed E-state index contributed by atoms with van der Waals surface area (Å²) in [6, 6.07) is 7.21. The topological polar surface area (TPSA) is 76.1 Å². The number of carbonyl (C=O) groups is 2. The van der Waals surface area contributed by atoms with Crippen molar-refractivity contribution in [3.05, 3.63) is 36.4 Å². The highest BCUT2D eigenvalue weighted by Crippen LogP contribution is 2.53. The molecule has 3 aliphatic heterocycles. The first kappa shape index (κ1) is 13.3. The van der Waals surface area contributed by atoms with Crippen LogP contribution in [-0.2, 0) is 14.3 Å². The quantitative estimate of drug-likeness (QED) is 0.845. The summed E-state index contributed by atoms with van der Waals surface area (Å²) in [5.41, 5.74) is -0.186. The van der Waals surface area contributed by atoms with Crippen molar-refractivity contribution in [3.8, 4) is 5.75 Å². The standard InChI is InChI=1S/C16H15NO5/c1-21-10-5-3-2-4-9(10)17-8-16-7-6-11(22-16)12(15(19)20)13(16)14(17)18/h2-7,11-13H,8H2,1H3,(H,19,20)/t11-,12-,13+,16-/m0/s1. The highest BCUT2D eigenvalue weighted by atomic mass is 16.5. The first-order valence-corrected chi connectivity index (χ1v) is 7.12. The van der Waals surface area contributed by atoms with E-state index in [2.05, 4.69) is 0 Å². The highest BCUT2D eigenvalue weighted by molar-refractivity contribution is 6.03. The number of methoxy groups -OCH3 is 1. The van der Waals surface area contributed by atoms with E-state index in [9.17, 15) is 14.7 Å². The summed E-state index contributed by atoms with van der Waals surface area (Å²) in [5, 5.41) is 9.45. The van der Waals surface area contributed by atoms with Gasteiger partial charge >= 0.3 is 5.97 Å². The molecule has 1 N–H and O–H groups in total. The van der Waals surface area contributed by atoms with Gasteiger partial charge in [-0.25, -0.2) is 0 Å². The zero-order valence-corrected chi connectivity index (χ0v) is 11.9. The minimum atomic E-state index is -0.989. The number of carboxylic acids is 1. The molecule has 2 bridgehead atoms. The summed E-state index contributed by atoms with van der Waals surface area (Å²) in [5.74, 6) is -2.13. The van der Waals surface area contributed by atoms with Crippen molar-refractivity contribution in [1.82, 2.24) is 0 Å². The Hall–Kier alpha value is -2.34. The maximum atomic E-state index is 12.8. The van der Waals surface area contributed by atoms with Gasteiger partial charge in [-0.3, -0.25) is 9.59 Å². The van der Waals surface area contributed by atoms with Crippen LogP contribution in [0.15, 0.2) is 36.4 Å². The van der Waals surface area contributed by atoms with Crippen LogP contribution in [-0.4, -0.2) is 42.3 Å². The van der Waals surface area contributed by atoms with E-state index in [-0.39, 0.29) is 5.91 Å². The Morgan fingerprint density at radius 2 is 2.23 bits per heavy atom. The van der Waals surface area contributed by atoms with E-state index in [1.165, 1.54) is 0 Å². The number of nitrogens with zero attached hydrogens (tertiary/aromatic N) is 1. The van der Waals surface area contributed by atoms with Crippen LogP contribution < -0.4 is 9.64 Å². The monoisotopic (exact) mass is 301 g/mol. The molecule has 2 fully saturated rings. The third-order valence-electron chi connectivity index (χ3n) is 4.76. The van der Waals surface area contributed by atoms with Gasteiger partial charge in [-0.05, 0) is 12.1 Å². The lowest BCUT2D eigenvalue weighted by Gasteiger charge is -2.22. The number of fused-ring (bicyclic) bond motifs is 1. The molecule has 1 amide bonds. The average molecular weight is 301 g/mol. The molecule has 0 unspecified atom stereocenters. The van der Waals surface area contributed by atoms with Gasteiger partial charge in [-0.15, -0.1) is 0 Å². The van der Waals surface area contributed by atoms with Crippen LogP contribution in [0.1, 0.15) is 0 Å². The van der Waals surface area contributed by atoms with E-state index < -0.39 is 29.5 Å². The van der Waals surface area contributed by atoms with Crippen LogP contribution in [0, 0.1) is 11.8 Å². The number of hydrogen-bond donors (Lipinski definition) is 1. The fourth-order valence-electron chi connectivity index (χ4n) is 3.84. The Kier molecular flexibility index (Phi) is 2.62. The number of rotatable bonds is 3. The van der Waals surface area contributed by atoms with E-state index in [0.29, 0.717) is 18.0 Å². The normalized spacial score (nSPS) is 35.0. The van der Waals surface area contributed by atoms with Gasteiger partial charge in [0.05, 0.1) is 31.4 Å². The van der Waals surface area contributed by atoms with E-state index in [1.54, 1.807) is 30.2 Å². The second-order valence-corrected chi connectivity index (χ2v) is 5.83. The van der Waals surface area contributed by atoms with Gasteiger partial charge in [0.25, 0.3) is 0 Å².